The van der Waals surface area contributed by atoms with Gasteiger partial charge in [-0.15, -0.1) is 0 Å². The first kappa shape index (κ1) is 16.9. The van der Waals surface area contributed by atoms with E-state index in [0.29, 0.717) is 18.5 Å². The van der Waals surface area contributed by atoms with Crippen LogP contribution in [0.5, 0.6) is 0 Å². The average molecular weight is 381 g/mol. The molecule has 0 aromatic carbocycles. The first-order valence-electron chi connectivity index (χ1n) is 7.78. The summed E-state index contributed by atoms with van der Waals surface area (Å²) in [6, 6.07) is 0. The Morgan fingerprint density at radius 2 is 2.31 bits per heavy atom. The molecule has 0 spiro atoms. The molecule has 1 fully saturated rings. The lowest BCUT2D eigenvalue weighted by molar-refractivity contribution is -0.0178. The van der Waals surface area contributed by atoms with E-state index in [1.54, 1.807) is 4.57 Å². The Hall–Kier alpha value is -2.53. The topological polar surface area (TPSA) is 163 Å². The number of hydrogen-bond donors (Lipinski definition) is 3. The summed E-state index contributed by atoms with van der Waals surface area (Å²) in [5.41, 5.74) is 5.65. The van der Waals surface area contributed by atoms with Gasteiger partial charge in [-0.2, -0.15) is 4.98 Å². The predicted molar refractivity (Wildman–Crippen MR) is 89.1 cm³/mol. The van der Waals surface area contributed by atoms with Crippen molar-refractivity contribution < 1.29 is 18.7 Å². The van der Waals surface area contributed by atoms with Crippen LogP contribution >= 0.6 is 7.75 Å². The first-order valence-corrected chi connectivity index (χ1v) is 9.31. The minimum absolute atomic E-state index is 0.0105. The number of H-pyrrole nitrogens is 1. The van der Waals surface area contributed by atoms with E-state index in [9.17, 15) is 14.3 Å². The zero-order valence-electron chi connectivity index (χ0n) is 13.4. The zero-order valence-corrected chi connectivity index (χ0v) is 14.3. The van der Waals surface area contributed by atoms with Crippen LogP contribution in [0.25, 0.3) is 11.2 Å². The Morgan fingerprint density at radius 1 is 1.46 bits per heavy atom. The molecule has 138 valence electrons. The Bertz CT molecular complexity index is 1030. The van der Waals surface area contributed by atoms with Gasteiger partial charge in [0.05, 0.1) is 19.0 Å². The Kier molecular flexibility index (Phi) is 4.11. The highest BCUT2D eigenvalue weighted by atomic mass is 31.2. The van der Waals surface area contributed by atoms with Gasteiger partial charge in [0.1, 0.15) is 12.6 Å². The molecule has 12 nitrogen and oxygen atoms in total. The van der Waals surface area contributed by atoms with Crippen molar-refractivity contribution in [1.29, 1.82) is 0 Å². The summed E-state index contributed by atoms with van der Waals surface area (Å²) in [5, 5.41) is 0. The van der Waals surface area contributed by atoms with Crippen molar-refractivity contribution >= 4 is 24.9 Å². The van der Waals surface area contributed by atoms with Gasteiger partial charge < -0.3 is 15.4 Å². The van der Waals surface area contributed by atoms with Gasteiger partial charge in [0.2, 0.25) is 5.95 Å². The fourth-order valence-corrected chi connectivity index (χ4v) is 3.73. The molecule has 3 aromatic rings. The molecule has 0 radical (unpaired) electrons. The number of ether oxygens (including phenoxy) is 1. The van der Waals surface area contributed by atoms with E-state index in [2.05, 4.69) is 19.9 Å². The second kappa shape index (κ2) is 6.32. The fourth-order valence-electron chi connectivity index (χ4n) is 2.82. The lowest BCUT2D eigenvalue weighted by Crippen LogP contribution is -2.17. The highest BCUT2D eigenvalue weighted by Gasteiger charge is 2.31. The average Bonchev–Trinajstić information content (AvgIpc) is 3.32. The Morgan fingerprint density at radius 3 is 3.08 bits per heavy atom. The number of rotatable bonds is 5. The number of aromatic nitrogens is 6. The van der Waals surface area contributed by atoms with Crippen LogP contribution in [0.15, 0.2) is 29.8 Å². The number of nitrogens with zero attached hydrogens (tertiary/aromatic N) is 5. The molecule has 26 heavy (non-hydrogen) atoms. The predicted octanol–water partition coefficient (Wildman–Crippen LogP) is 0.241. The summed E-state index contributed by atoms with van der Waals surface area (Å²) in [6.45, 7) is -0.0642. The van der Waals surface area contributed by atoms with Gasteiger partial charge in [-0.3, -0.25) is 18.9 Å². The maximum atomic E-state index is 12.1. The molecule has 4 rings (SSSR count). The van der Waals surface area contributed by atoms with Crippen molar-refractivity contribution in [1.82, 2.24) is 28.8 Å². The van der Waals surface area contributed by atoms with Gasteiger partial charge >= 0.3 is 7.75 Å². The lowest BCUT2D eigenvalue weighted by atomic mass is 10.2. The first-order chi connectivity index (χ1) is 12.4. The van der Waals surface area contributed by atoms with Crippen LogP contribution in [-0.4, -0.2) is 46.4 Å². The number of fused-ring (bicyclic) bond motifs is 1. The van der Waals surface area contributed by atoms with Gasteiger partial charge in [0, 0.05) is 12.4 Å². The highest BCUT2D eigenvalue weighted by Crippen LogP contribution is 2.44. The lowest BCUT2D eigenvalue weighted by Gasteiger charge is -2.17. The molecule has 0 saturated carbocycles. The molecule has 0 amide bonds. The number of nitrogens with two attached hydrogens (primary N) is 1. The van der Waals surface area contributed by atoms with Crippen LogP contribution in [0.3, 0.4) is 0 Å². The zero-order chi connectivity index (χ0) is 18.3. The van der Waals surface area contributed by atoms with E-state index in [-0.39, 0.29) is 24.2 Å². The van der Waals surface area contributed by atoms with Gasteiger partial charge in [-0.25, -0.2) is 18.9 Å². The molecule has 3 aromatic heterocycles. The summed E-state index contributed by atoms with van der Waals surface area (Å²) >= 11 is 0. The van der Waals surface area contributed by atoms with E-state index in [0.717, 1.165) is 4.34 Å². The van der Waals surface area contributed by atoms with Gasteiger partial charge in [-0.05, 0) is 12.8 Å². The van der Waals surface area contributed by atoms with E-state index in [1.165, 1.54) is 25.0 Å². The number of nitrogens with one attached hydrogen (secondary N) is 1. The van der Waals surface area contributed by atoms with Crippen molar-refractivity contribution in [2.75, 3.05) is 12.3 Å². The van der Waals surface area contributed by atoms with Crippen LogP contribution in [0, 0.1) is 0 Å². The molecular weight excluding hydrogens is 365 g/mol. The maximum Gasteiger partial charge on any atom is 0.437 e. The molecule has 1 aliphatic heterocycles. The van der Waals surface area contributed by atoms with Crippen LogP contribution in [0.2, 0.25) is 0 Å². The van der Waals surface area contributed by atoms with E-state index in [4.69, 9.17) is 15.0 Å². The Labute approximate surface area is 146 Å². The molecule has 1 saturated heterocycles. The quantitative estimate of drug-likeness (QED) is 0.525. The van der Waals surface area contributed by atoms with Crippen LogP contribution in [-0.2, 0) is 13.8 Å². The van der Waals surface area contributed by atoms with Crippen molar-refractivity contribution in [3.63, 3.8) is 0 Å². The summed E-state index contributed by atoms with van der Waals surface area (Å²) in [7, 11) is -4.00. The number of hydrogen-bond acceptors (Lipinski definition) is 8. The Balaban J connectivity index is 1.46. The maximum absolute atomic E-state index is 12.1. The second-order valence-corrected chi connectivity index (χ2v) is 7.50. The molecule has 0 bridgehead atoms. The molecule has 3 atom stereocenters. The van der Waals surface area contributed by atoms with Crippen molar-refractivity contribution in [3.05, 3.63) is 35.4 Å². The minimum Gasteiger partial charge on any atom is -0.369 e. The standard InChI is InChI=1S/C13H16N7O5P/c14-13-17-11-10(12(21)18-13)16-7-20(11)9-2-1-8(25-9)5-24-26(22,23)19-4-3-15-6-19/h3-4,6-9H,1-2,5H2,(H,22,23)(H3,14,17,18,21). The molecule has 3 unspecified atom stereocenters. The normalized spacial score (nSPS) is 22.7. The largest absolute Gasteiger partial charge is 0.437 e. The molecule has 1 aliphatic rings. The van der Waals surface area contributed by atoms with E-state index in [1.807, 2.05) is 0 Å². The van der Waals surface area contributed by atoms with Crippen LogP contribution in [0.1, 0.15) is 19.1 Å². The SMILES string of the molecule is Nc1nc2c(ncn2C2CCC(COP(=O)(O)n3ccnc3)O2)c(=O)[nH]1. The third-order valence-corrected chi connectivity index (χ3v) is 5.36. The monoisotopic (exact) mass is 381 g/mol. The molecular formula is C13H16N7O5P. The number of imidazole rings is 2. The van der Waals surface area contributed by atoms with Crippen molar-refractivity contribution in [2.24, 2.45) is 0 Å². The van der Waals surface area contributed by atoms with Gasteiger partial charge in [-0.1, -0.05) is 0 Å². The molecule has 0 aliphatic carbocycles. The van der Waals surface area contributed by atoms with Crippen molar-refractivity contribution in [2.45, 2.75) is 25.2 Å². The van der Waals surface area contributed by atoms with Crippen LogP contribution < -0.4 is 11.3 Å². The van der Waals surface area contributed by atoms with E-state index < -0.39 is 19.5 Å². The highest BCUT2D eigenvalue weighted by molar-refractivity contribution is 7.51. The molecule has 4 N–H and O–H groups in total. The van der Waals surface area contributed by atoms with E-state index >= 15 is 0 Å². The second-order valence-electron chi connectivity index (χ2n) is 5.79. The smallest absolute Gasteiger partial charge is 0.369 e. The van der Waals surface area contributed by atoms with Gasteiger partial charge in [0.25, 0.3) is 5.56 Å². The molecule has 4 heterocycles. The minimum atomic E-state index is -4.00. The number of anilines is 1. The number of aromatic amines is 1. The summed E-state index contributed by atoms with van der Waals surface area (Å²) in [4.78, 5) is 36.0. The summed E-state index contributed by atoms with van der Waals surface area (Å²) < 4.78 is 25.7. The fraction of sp³-hybridized carbons (Fsp3) is 0.385. The third-order valence-electron chi connectivity index (χ3n) is 4.06. The van der Waals surface area contributed by atoms with Crippen LogP contribution in [0.4, 0.5) is 5.95 Å². The van der Waals surface area contributed by atoms with Gasteiger partial charge in [0.15, 0.2) is 11.2 Å². The third kappa shape index (κ3) is 3.03. The van der Waals surface area contributed by atoms with Crippen molar-refractivity contribution in [3.8, 4) is 0 Å². The summed E-state index contributed by atoms with van der Waals surface area (Å²) in [5.74, 6) is -0.0105. The summed E-state index contributed by atoms with van der Waals surface area (Å²) in [6.07, 6.45) is 5.81. The molecule has 13 heteroatoms. The number of nitrogen functional groups attached to an aromatic ring is 1.